The molecule has 1 aromatic carbocycles. The van der Waals surface area contributed by atoms with Gasteiger partial charge in [-0.1, -0.05) is 12.1 Å². The lowest BCUT2D eigenvalue weighted by molar-refractivity contribution is -0.122. The molecule has 1 aromatic rings. The van der Waals surface area contributed by atoms with Crippen LogP contribution in [0.5, 0.6) is 0 Å². The number of hydrogen-bond donors (Lipinski definition) is 1. The van der Waals surface area contributed by atoms with Gasteiger partial charge in [-0.25, -0.2) is 0 Å². The van der Waals surface area contributed by atoms with Crippen molar-refractivity contribution in [1.29, 1.82) is 0 Å². The molecular weight excluding hydrogens is 228 g/mol. The molecule has 1 amide bonds. The van der Waals surface area contributed by atoms with Crippen LogP contribution in [-0.2, 0) is 9.59 Å². The molecule has 0 aliphatic carbocycles. The Bertz CT molecular complexity index is 494. The molecule has 0 atom stereocenters. The number of benzene rings is 1. The number of para-hydroxylation sites is 2. The Balaban J connectivity index is 2.36. The third-order valence-corrected chi connectivity index (χ3v) is 3.11. The van der Waals surface area contributed by atoms with Crippen molar-refractivity contribution in [1.82, 2.24) is 0 Å². The van der Waals surface area contributed by atoms with E-state index in [1.807, 2.05) is 38.1 Å². The number of anilines is 2. The Hall–Kier alpha value is -1.84. The molecule has 2 rings (SSSR count). The number of ketones is 1. The van der Waals surface area contributed by atoms with Crippen molar-refractivity contribution in [3.63, 3.8) is 0 Å². The van der Waals surface area contributed by atoms with Gasteiger partial charge in [-0.3, -0.25) is 9.59 Å². The molecule has 0 saturated carbocycles. The van der Waals surface area contributed by atoms with Crippen molar-refractivity contribution in [2.75, 3.05) is 16.8 Å². The minimum atomic E-state index is -0.634. The van der Waals surface area contributed by atoms with Gasteiger partial charge >= 0.3 is 0 Å². The van der Waals surface area contributed by atoms with Gasteiger partial charge in [0.2, 0.25) is 0 Å². The van der Waals surface area contributed by atoms with Gasteiger partial charge in [0.1, 0.15) is 11.3 Å². The molecule has 0 aromatic heterocycles. The zero-order chi connectivity index (χ0) is 13.3. The first-order valence-electron chi connectivity index (χ1n) is 6.10. The molecule has 1 aliphatic heterocycles. The first kappa shape index (κ1) is 12.6. The van der Waals surface area contributed by atoms with Crippen LogP contribution in [0.15, 0.2) is 24.3 Å². The van der Waals surface area contributed by atoms with Crippen molar-refractivity contribution in [3.8, 4) is 0 Å². The largest absolute Gasteiger partial charge is 0.370 e. The van der Waals surface area contributed by atoms with E-state index in [0.717, 1.165) is 11.4 Å². The zero-order valence-electron chi connectivity index (χ0n) is 11.0. The van der Waals surface area contributed by atoms with E-state index in [1.165, 1.54) is 0 Å². The van der Waals surface area contributed by atoms with Crippen molar-refractivity contribution in [2.45, 2.75) is 32.7 Å². The highest BCUT2D eigenvalue weighted by molar-refractivity contribution is 6.07. The quantitative estimate of drug-likeness (QED) is 0.889. The summed E-state index contributed by atoms with van der Waals surface area (Å²) in [7, 11) is 0. The number of nitrogens with zero attached hydrogens (tertiary/aromatic N) is 1. The Morgan fingerprint density at radius 1 is 1.33 bits per heavy atom. The van der Waals surface area contributed by atoms with E-state index in [-0.39, 0.29) is 11.7 Å². The van der Waals surface area contributed by atoms with Gasteiger partial charge in [-0.15, -0.1) is 0 Å². The van der Waals surface area contributed by atoms with E-state index in [9.17, 15) is 9.59 Å². The van der Waals surface area contributed by atoms with Gasteiger partial charge in [0.25, 0.3) is 5.91 Å². The van der Waals surface area contributed by atoms with Crippen molar-refractivity contribution in [3.05, 3.63) is 24.3 Å². The number of carbonyl (C=O) groups excluding carboxylic acids is 2. The summed E-state index contributed by atoms with van der Waals surface area (Å²) in [4.78, 5) is 25.2. The highest BCUT2D eigenvalue weighted by atomic mass is 16.2. The second-order valence-electron chi connectivity index (χ2n) is 5.18. The van der Waals surface area contributed by atoms with Gasteiger partial charge < -0.3 is 10.2 Å². The average Bonchev–Trinajstić information content (AvgIpc) is 2.29. The number of fused-ring (bicyclic) bond motifs is 1. The molecule has 4 nitrogen and oxygen atoms in total. The fourth-order valence-electron chi connectivity index (χ4n) is 2.14. The molecule has 1 aliphatic rings. The molecule has 0 fully saturated rings. The van der Waals surface area contributed by atoms with Crippen LogP contribution >= 0.6 is 0 Å². The van der Waals surface area contributed by atoms with Gasteiger partial charge in [0.05, 0.1) is 11.4 Å². The molecule has 0 spiro atoms. The molecule has 1 heterocycles. The number of carbonyl (C=O) groups is 2. The summed E-state index contributed by atoms with van der Waals surface area (Å²) >= 11 is 0. The van der Waals surface area contributed by atoms with E-state index in [1.54, 1.807) is 11.8 Å². The smallest absolute Gasteiger partial charge is 0.252 e. The number of nitrogens with one attached hydrogen (secondary N) is 1. The van der Waals surface area contributed by atoms with Crippen LogP contribution in [0.1, 0.15) is 27.2 Å². The Kier molecular flexibility index (Phi) is 3.11. The van der Waals surface area contributed by atoms with Crippen LogP contribution in [0.4, 0.5) is 11.4 Å². The fraction of sp³-hybridized carbons (Fsp3) is 0.429. The first-order valence-corrected chi connectivity index (χ1v) is 6.10. The lowest BCUT2D eigenvalue weighted by Crippen LogP contribution is -2.54. The molecule has 4 heteroatoms. The third kappa shape index (κ3) is 2.23. The van der Waals surface area contributed by atoms with E-state index in [4.69, 9.17) is 0 Å². The maximum Gasteiger partial charge on any atom is 0.252 e. The number of amides is 1. The van der Waals surface area contributed by atoms with E-state index < -0.39 is 5.54 Å². The van der Waals surface area contributed by atoms with Crippen molar-refractivity contribution in [2.24, 2.45) is 0 Å². The van der Waals surface area contributed by atoms with Crippen LogP contribution in [0, 0.1) is 0 Å². The summed E-state index contributed by atoms with van der Waals surface area (Å²) in [6, 6.07) is 7.67. The number of rotatable bonds is 3. The molecule has 96 valence electrons. The lowest BCUT2D eigenvalue weighted by atomic mass is 9.98. The van der Waals surface area contributed by atoms with Crippen molar-refractivity contribution >= 4 is 23.1 Å². The molecule has 0 saturated heterocycles. The normalized spacial score (nSPS) is 17.1. The summed E-state index contributed by atoms with van der Waals surface area (Å²) in [5.74, 6) is 0.0964. The standard InChI is InChI=1S/C14H18N2O2/c1-10(17)8-9-16-12-7-5-4-6-11(12)15-14(2,3)13(16)18/h4-7,15H,8-9H2,1-3H3. The highest BCUT2D eigenvalue weighted by Gasteiger charge is 2.38. The Morgan fingerprint density at radius 3 is 2.67 bits per heavy atom. The minimum Gasteiger partial charge on any atom is -0.370 e. The summed E-state index contributed by atoms with van der Waals surface area (Å²) in [5, 5.41) is 3.23. The van der Waals surface area contributed by atoms with Crippen LogP contribution in [-0.4, -0.2) is 23.8 Å². The van der Waals surface area contributed by atoms with Crippen LogP contribution < -0.4 is 10.2 Å². The van der Waals surface area contributed by atoms with E-state index >= 15 is 0 Å². The summed E-state index contributed by atoms with van der Waals surface area (Å²) in [6.45, 7) is 5.69. The van der Waals surface area contributed by atoms with Crippen LogP contribution in [0.25, 0.3) is 0 Å². The number of hydrogen-bond acceptors (Lipinski definition) is 3. The maximum atomic E-state index is 12.4. The molecule has 0 unspecified atom stereocenters. The summed E-state index contributed by atoms with van der Waals surface area (Å²) < 4.78 is 0. The summed E-state index contributed by atoms with van der Waals surface area (Å²) in [5.41, 5.74) is 1.15. The molecular formula is C14H18N2O2. The van der Waals surface area contributed by atoms with Gasteiger partial charge in [-0.2, -0.15) is 0 Å². The third-order valence-electron chi connectivity index (χ3n) is 3.11. The van der Waals surface area contributed by atoms with Crippen LogP contribution in [0.2, 0.25) is 0 Å². The minimum absolute atomic E-state index is 0.00227. The average molecular weight is 246 g/mol. The monoisotopic (exact) mass is 246 g/mol. The Labute approximate surface area is 107 Å². The lowest BCUT2D eigenvalue weighted by Gasteiger charge is -2.39. The fourth-order valence-corrected chi connectivity index (χ4v) is 2.14. The predicted octanol–water partition coefficient (Wildman–Crippen LogP) is 2.20. The summed E-state index contributed by atoms with van der Waals surface area (Å²) in [6.07, 6.45) is 0.385. The molecule has 18 heavy (non-hydrogen) atoms. The second-order valence-corrected chi connectivity index (χ2v) is 5.18. The second kappa shape index (κ2) is 4.44. The zero-order valence-corrected chi connectivity index (χ0v) is 11.0. The van der Waals surface area contributed by atoms with Gasteiger partial charge in [-0.05, 0) is 32.9 Å². The van der Waals surface area contributed by atoms with Gasteiger partial charge in [0.15, 0.2) is 0 Å². The Morgan fingerprint density at radius 2 is 2.00 bits per heavy atom. The van der Waals surface area contributed by atoms with Crippen molar-refractivity contribution < 1.29 is 9.59 Å². The van der Waals surface area contributed by atoms with E-state index in [2.05, 4.69) is 5.32 Å². The van der Waals surface area contributed by atoms with Crippen LogP contribution in [0.3, 0.4) is 0 Å². The SMILES string of the molecule is CC(=O)CCN1C(=O)C(C)(C)Nc2ccccc21. The maximum absolute atomic E-state index is 12.4. The van der Waals surface area contributed by atoms with Gasteiger partial charge in [0, 0.05) is 13.0 Å². The first-order chi connectivity index (χ1) is 8.42. The molecule has 0 bridgehead atoms. The number of Topliss-reactive ketones (excluding diaryl/α,β-unsaturated/α-hetero) is 1. The molecule has 0 radical (unpaired) electrons. The molecule has 1 N–H and O–H groups in total. The highest BCUT2D eigenvalue weighted by Crippen LogP contribution is 2.34. The predicted molar refractivity (Wildman–Crippen MR) is 71.8 cm³/mol. The topological polar surface area (TPSA) is 49.4 Å². The van der Waals surface area contributed by atoms with E-state index in [0.29, 0.717) is 13.0 Å².